The van der Waals surface area contributed by atoms with Crippen molar-refractivity contribution in [2.75, 3.05) is 83.6 Å². The monoisotopic (exact) mass is 416 g/mol. The molecule has 3 aliphatic rings. The predicted molar refractivity (Wildman–Crippen MR) is 118 cm³/mol. The zero-order valence-corrected chi connectivity index (χ0v) is 18.1. The largest absolute Gasteiger partial charge is 0.494 e. The van der Waals surface area contributed by atoms with Gasteiger partial charge >= 0.3 is 6.03 Å². The lowest BCUT2D eigenvalue weighted by Gasteiger charge is -2.39. The Kier molecular flexibility index (Phi) is 7.70. The maximum absolute atomic E-state index is 12.6. The van der Waals surface area contributed by atoms with Crippen molar-refractivity contribution in [2.45, 2.75) is 25.7 Å². The minimum atomic E-state index is 0.159. The van der Waals surface area contributed by atoms with Crippen LogP contribution in [0.5, 0.6) is 5.75 Å². The molecule has 0 radical (unpaired) electrons. The number of hydrogen-bond acceptors (Lipinski definition) is 5. The van der Waals surface area contributed by atoms with Gasteiger partial charge in [-0.15, -0.1) is 0 Å². The molecular weight excluding hydrogens is 380 g/mol. The third kappa shape index (κ3) is 5.79. The zero-order valence-electron chi connectivity index (χ0n) is 18.1. The first-order valence-electron chi connectivity index (χ1n) is 11.6. The van der Waals surface area contributed by atoms with Crippen LogP contribution in [0.3, 0.4) is 0 Å². The van der Waals surface area contributed by atoms with Crippen molar-refractivity contribution in [1.29, 1.82) is 0 Å². The van der Waals surface area contributed by atoms with Crippen molar-refractivity contribution in [3.8, 4) is 5.75 Å². The van der Waals surface area contributed by atoms with Gasteiger partial charge in [-0.05, 0) is 56.6 Å². The number of nitrogens with zero attached hydrogens (tertiary/aromatic N) is 4. The van der Waals surface area contributed by atoms with Crippen LogP contribution in [0, 0.1) is 0 Å². The van der Waals surface area contributed by atoms with Crippen LogP contribution in [-0.4, -0.2) is 99.5 Å². The molecule has 3 fully saturated rings. The van der Waals surface area contributed by atoms with Crippen LogP contribution in [-0.2, 0) is 4.74 Å². The van der Waals surface area contributed by atoms with Crippen molar-refractivity contribution in [3.63, 3.8) is 0 Å². The maximum Gasteiger partial charge on any atom is 0.320 e. The standard InChI is InChI=1S/C23H36N4O3/c28-23(27-16-19-29-20-17-27)26-14-12-25(13-15-26)21-5-7-22(8-6-21)30-18-4-11-24-9-2-1-3-10-24/h5-8H,1-4,9-20H2. The molecule has 0 saturated carbocycles. The van der Waals surface area contributed by atoms with Crippen molar-refractivity contribution in [2.24, 2.45) is 0 Å². The van der Waals surface area contributed by atoms with Gasteiger partial charge in [0.1, 0.15) is 5.75 Å². The quantitative estimate of drug-likeness (QED) is 0.667. The molecule has 1 aromatic rings. The van der Waals surface area contributed by atoms with E-state index in [0.29, 0.717) is 26.3 Å². The Morgan fingerprint density at radius 1 is 0.833 bits per heavy atom. The number of anilines is 1. The normalized spacial score (nSPS) is 21.0. The molecule has 166 valence electrons. The number of morpholine rings is 1. The Hall–Kier alpha value is -1.99. The van der Waals surface area contributed by atoms with E-state index in [2.05, 4.69) is 34.1 Å². The van der Waals surface area contributed by atoms with E-state index in [-0.39, 0.29) is 6.03 Å². The molecule has 0 aliphatic carbocycles. The molecule has 3 aliphatic heterocycles. The Balaban J connectivity index is 1.17. The minimum Gasteiger partial charge on any atom is -0.494 e. The van der Waals surface area contributed by atoms with Gasteiger partial charge in [0.2, 0.25) is 0 Å². The second-order valence-electron chi connectivity index (χ2n) is 8.45. The number of likely N-dealkylation sites (tertiary alicyclic amines) is 1. The molecule has 7 nitrogen and oxygen atoms in total. The first-order chi connectivity index (χ1) is 14.8. The van der Waals surface area contributed by atoms with Gasteiger partial charge < -0.3 is 29.1 Å². The van der Waals surface area contributed by atoms with Gasteiger partial charge in [0.05, 0.1) is 19.8 Å². The van der Waals surface area contributed by atoms with E-state index >= 15 is 0 Å². The summed E-state index contributed by atoms with van der Waals surface area (Å²) in [6.45, 7) is 10.4. The predicted octanol–water partition coefficient (Wildman–Crippen LogP) is 2.52. The summed E-state index contributed by atoms with van der Waals surface area (Å²) < 4.78 is 11.3. The average Bonchev–Trinajstić information content (AvgIpc) is 2.83. The molecule has 0 unspecified atom stereocenters. The van der Waals surface area contributed by atoms with E-state index < -0.39 is 0 Å². The molecular formula is C23H36N4O3. The number of piperidine rings is 1. The van der Waals surface area contributed by atoms with Gasteiger partial charge in [-0.3, -0.25) is 0 Å². The van der Waals surface area contributed by atoms with Crippen LogP contribution >= 0.6 is 0 Å². The SMILES string of the molecule is O=C(N1CCOCC1)N1CCN(c2ccc(OCCCN3CCCCC3)cc2)CC1. The van der Waals surface area contributed by atoms with E-state index in [0.717, 1.165) is 51.5 Å². The fourth-order valence-corrected chi connectivity index (χ4v) is 4.52. The van der Waals surface area contributed by atoms with E-state index in [4.69, 9.17) is 9.47 Å². The Morgan fingerprint density at radius 2 is 1.50 bits per heavy atom. The summed E-state index contributed by atoms with van der Waals surface area (Å²) in [7, 11) is 0. The third-order valence-electron chi connectivity index (χ3n) is 6.37. The molecule has 3 heterocycles. The molecule has 4 rings (SSSR count). The summed E-state index contributed by atoms with van der Waals surface area (Å²) in [5, 5.41) is 0. The number of piperazine rings is 1. The van der Waals surface area contributed by atoms with Crippen LogP contribution in [0.25, 0.3) is 0 Å². The van der Waals surface area contributed by atoms with Crippen molar-refractivity contribution in [1.82, 2.24) is 14.7 Å². The Bertz CT molecular complexity index is 649. The molecule has 0 atom stereocenters. The summed E-state index contributed by atoms with van der Waals surface area (Å²) in [6, 6.07) is 8.58. The summed E-state index contributed by atoms with van der Waals surface area (Å²) in [5.41, 5.74) is 1.20. The first-order valence-corrected chi connectivity index (χ1v) is 11.6. The first kappa shape index (κ1) is 21.2. The van der Waals surface area contributed by atoms with Gasteiger partial charge in [-0.1, -0.05) is 6.42 Å². The highest BCUT2D eigenvalue weighted by Gasteiger charge is 2.26. The lowest BCUT2D eigenvalue weighted by Crippen LogP contribution is -2.54. The van der Waals surface area contributed by atoms with Gasteiger partial charge in [0.25, 0.3) is 0 Å². The van der Waals surface area contributed by atoms with E-state index in [1.807, 2.05) is 9.80 Å². The lowest BCUT2D eigenvalue weighted by molar-refractivity contribution is 0.0428. The molecule has 0 aromatic heterocycles. The average molecular weight is 417 g/mol. The number of rotatable bonds is 6. The van der Waals surface area contributed by atoms with Crippen LogP contribution in [0.1, 0.15) is 25.7 Å². The number of hydrogen-bond donors (Lipinski definition) is 0. The number of urea groups is 1. The van der Waals surface area contributed by atoms with E-state index in [9.17, 15) is 4.79 Å². The maximum atomic E-state index is 12.6. The molecule has 7 heteroatoms. The van der Waals surface area contributed by atoms with Gasteiger partial charge in [0, 0.05) is 51.5 Å². The molecule has 30 heavy (non-hydrogen) atoms. The third-order valence-corrected chi connectivity index (χ3v) is 6.37. The van der Waals surface area contributed by atoms with E-state index in [1.165, 1.54) is 38.0 Å². The zero-order chi connectivity index (χ0) is 20.6. The highest BCUT2D eigenvalue weighted by molar-refractivity contribution is 5.75. The van der Waals surface area contributed by atoms with Gasteiger partial charge in [-0.2, -0.15) is 0 Å². The number of benzene rings is 1. The highest BCUT2D eigenvalue weighted by Crippen LogP contribution is 2.21. The summed E-state index contributed by atoms with van der Waals surface area (Å²) in [4.78, 5) is 21.4. The fraction of sp³-hybridized carbons (Fsp3) is 0.696. The molecule has 2 amide bonds. The second kappa shape index (κ2) is 10.9. The van der Waals surface area contributed by atoms with Gasteiger partial charge in [0.15, 0.2) is 0 Å². The van der Waals surface area contributed by atoms with Crippen LogP contribution in [0.4, 0.5) is 10.5 Å². The second-order valence-corrected chi connectivity index (χ2v) is 8.45. The lowest BCUT2D eigenvalue weighted by atomic mass is 10.1. The van der Waals surface area contributed by atoms with Crippen molar-refractivity contribution >= 4 is 11.7 Å². The topological polar surface area (TPSA) is 48.5 Å². The Morgan fingerprint density at radius 3 is 2.20 bits per heavy atom. The van der Waals surface area contributed by atoms with Crippen LogP contribution < -0.4 is 9.64 Å². The van der Waals surface area contributed by atoms with Crippen molar-refractivity contribution < 1.29 is 14.3 Å². The van der Waals surface area contributed by atoms with Crippen LogP contribution in [0.2, 0.25) is 0 Å². The fourth-order valence-electron chi connectivity index (χ4n) is 4.52. The summed E-state index contributed by atoms with van der Waals surface area (Å²) in [6.07, 6.45) is 5.16. The number of carbonyl (C=O) groups is 1. The number of ether oxygens (including phenoxy) is 2. The molecule has 3 saturated heterocycles. The van der Waals surface area contributed by atoms with Gasteiger partial charge in [-0.25, -0.2) is 4.79 Å². The highest BCUT2D eigenvalue weighted by atomic mass is 16.5. The molecule has 0 bridgehead atoms. The smallest absolute Gasteiger partial charge is 0.320 e. The van der Waals surface area contributed by atoms with Crippen LogP contribution in [0.15, 0.2) is 24.3 Å². The van der Waals surface area contributed by atoms with Crippen molar-refractivity contribution in [3.05, 3.63) is 24.3 Å². The van der Waals surface area contributed by atoms with E-state index in [1.54, 1.807) is 0 Å². The summed E-state index contributed by atoms with van der Waals surface area (Å²) >= 11 is 0. The number of amides is 2. The number of carbonyl (C=O) groups excluding carboxylic acids is 1. The molecule has 0 spiro atoms. The minimum absolute atomic E-state index is 0.159. The molecule has 0 N–H and O–H groups in total. The Labute approximate surface area is 180 Å². The summed E-state index contributed by atoms with van der Waals surface area (Å²) in [5.74, 6) is 0.943. The molecule has 1 aromatic carbocycles.